The molecule has 1 aromatic heterocycles. The fourth-order valence-corrected chi connectivity index (χ4v) is 3.85. The highest BCUT2D eigenvalue weighted by Gasteiger charge is 2.24. The van der Waals surface area contributed by atoms with Crippen molar-refractivity contribution >= 4 is 23.4 Å². The summed E-state index contributed by atoms with van der Waals surface area (Å²) in [5.41, 5.74) is 0.746. The summed E-state index contributed by atoms with van der Waals surface area (Å²) in [6, 6.07) is 15.6. The first-order valence-corrected chi connectivity index (χ1v) is 11.1. The van der Waals surface area contributed by atoms with Gasteiger partial charge in [-0.05, 0) is 44.0 Å². The number of para-hydroxylation sites is 2. The molecule has 2 aromatic carbocycles. The van der Waals surface area contributed by atoms with E-state index < -0.39 is 11.9 Å². The molecule has 0 saturated carbocycles. The first-order chi connectivity index (χ1) is 14.8. The lowest BCUT2D eigenvalue weighted by Gasteiger charge is -2.19. The van der Waals surface area contributed by atoms with Gasteiger partial charge in [0.1, 0.15) is 0 Å². The van der Waals surface area contributed by atoms with Gasteiger partial charge in [-0.2, -0.15) is 0 Å². The van der Waals surface area contributed by atoms with E-state index in [0.29, 0.717) is 23.4 Å². The Morgan fingerprint density at radius 1 is 1.06 bits per heavy atom. The predicted octanol–water partition coefficient (Wildman–Crippen LogP) is 5.33. The van der Waals surface area contributed by atoms with Gasteiger partial charge in [0, 0.05) is 12.2 Å². The molecule has 0 aliphatic heterocycles. The molecule has 0 aliphatic rings. The first-order valence-electron chi connectivity index (χ1n) is 10.2. The van der Waals surface area contributed by atoms with E-state index in [-0.39, 0.29) is 16.9 Å². The number of nitrogens with one attached hydrogen (secondary N) is 1. The summed E-state index contributed by atoms with van der Waals surface area (Å²) in [5.74, 6) is 0.537. The van der Waals surface area contributed by atoms with E-state index in [2.05, 4.69) is 29.4 Å². The molecule has 1 amide bonds. The third-order valence-electron chi connectivity index (χ3n) is 4.49. The van der Waals surface area contributed by atoms with E-state index in [1.165, 1.54) is 17.8 Å². The third kappa shape index (κ3) is 6.07. The van der Waals surface area contributed by atoms with Crippen LogP contribution in [0.3, 0.4) is 0 Å². The molecule has 0 fully saturated rings. The minimum absolute atomic E-state index is 0.118. The maximum atomic E-state index is 14.0. The van der Waals surface area contributed by atoms with Crippen LogP contribution in [-0.4, -0.2) is 25.9 Å². The minimum atomic E-state index is -0.508. The van der Waals surface area contributed by atoms with Gasteiger partial charge >= 0.3 is 0 Å². The Balaban J connectivity index is 1.76. The van der Waals surface area contributed by atoms with Crippen LogP contribution in [0, 0.1) is 11.7 Å². The monoisotopic (exact) mass is 442 g/mol. The van der Waals surface area contributed by atoms with Gasteiger partial charge in [-0.3, -0.25) is 4.79 Å². The Labute approximate surface area is 186 Å². The normalized spacial score (nSPS) is 13.1. The zero-order chi connectivity index (χ0) is 22.4. The third-order valence-corrected chi connectivity index (χ3v) is 5.57. The molecule has 164 valence electrons. The largest absolute Gasteiger partial charge is 0.480 e. The van der Waals surface area contributed by atoms with Gasteiger partial charge in [0.05, 0.1) is 5.25 Å². The predicted molar refractivity (Wildman–Crippen MR) is 121 cm³/mol. The van der Waals surface area contributed by atoms with E-state index >= 15 is 0 Å². The van der Waals surface area contributed by atoms with Crippen molar-refractivity contribution in [2.75, 3.05) is 5.32 Å². The van der Waals surface area contributed by atoms with Crippen molar-refractivity contribution < 1.29 is 13.9 Å². The summed E-state index contributed by atoms with van der Waals surface area (Å²) >= 11 is 1.33. The minimum Gasteiger partial charge on any atom is -0.480 e. The van der Waals surface area contributed by atoms with Crippen molar-refractivity contribution in [3.05, 3.63) is 66.2 Å². The molecule has 0 spiro atoms. The number of ether oxygens (including phenoxy) is 1. The summed E-state index contributed by atoms with van der Waals surface area (Å²) in [6.07, 6.45) is -0.508. The van der Waals surface area contributed by atoms with E-state index in [0.717, 1.165) is 5.69 Å². The van der Waals surface area contributed by atoms with Gasteiger partial charge in [-0.1, -0.05) is 55.9 Å². The number of hydrogen-bond donors (Lipinski definition) is 1. The Morgan fingerprint density at radius 3 is 2.42 bits per heavy atom. The molecule has 8 heteroatoms. The second-order valence-corrected chi connectivity index (χ2v) is 8.96. The van der Waals surface area contributed by atoms with Crippen LogP contribution in [0.4, 0.5) is 10.1 Å². The number of carbonyl (C=O) groups is 1. The number of thioether (sulfide) groups is 1. The summed E-state index contributed by atoms with van der Waals surface area (Å²) in [6.45, 7) is 8.48. The Hall–Kier alpha value is -2.87. The number of nitrogens with zero attached hydrogens (tertiary/aromatic N) is 3. The zero-order valence-electron chi connectivity index (χ0n) is 18.1. The number of amides is 1. The molecule has 3 aromatic rings. The molecule has 31 heavy (non-hydrogen) atoms. The number of carbonyl (C=O) groups excluding carboxylic acids is 1. The first kappa shape index (κ1) is 22.8. The highest BCUT2D eigenvalue weighted by molar-refractivity contribution is 8.00. The second kappa shape index (κ2) is 10.4. The average Bonchev–Trinajstić information content (AvgIpc) is 3.12. The van der Waals surface area contributed by atoms with Gasteiger partial charge in [0.2, 0.25) is 5.91 Å². The summed E-state index contributed by atoms with van der Waals surface area (Å²) in [7, 11) is 0. The molecule has 6 nitrogen and oxygen atoms in total. The van der Waals surface area contributed by atoms with Crippen LogP contribution >= 0.6 is 11.8 Å². The lowest BCUT2D eigenvalue weighted by atomic mass is 10.2. The van der Waals surface area contributed by atoms with Crippen LogP contribution in [0.5, 0.6) is 5.75 Å². The summed E-state index contributed by atoms with van der Waals surface area (Å²) in [5, 5.41) is 11.8. The molecule has 0 aliphatic carbocycles. The molecule has 2 atom stereocenters. The maximum absolute atomic E-state index is 14.0. The number of hydrogen-bond acceptors (Lipinski definition) is 5. The molecule has 0 saturated heterocycles. The van der Waals surface area contributed by atoms with Crippen molar-refractivity contribution in [3.8, 4) is 5.75 Å². The maximum Gasteiger partial charge on any atom is 0.237 e. The molecular weight excluding hydrogens is 415 g/mol. The number of benzene rings is 2. The molecule has 1 N–H and O–H groups in total. The van der Waals surface area contributed by atoms with Gasteiger partial charge in [-0.25, -0.2) is 4.39 Å². The number of anilines is 1. The van der Waals surface area contributed by atoms with Crippen LogP contribution in [0.25, 0.3) is 0 Å². The fourth-order valence-electron chi connectivity index (χ4n) is 2.99. The Kier molecular flexibility index (Phi) is 7.68. The van der Waals surface area contributed by atoms with Crippen molar-refractivity contribution in [1.29, 1.82) is 0 Å². The zero-order valence-corrected chi connectivity index (χ0v) is 18.9. The summed E-state index contributed by atoms with van der Waals surface area (Å²) < 4.78 is 21.8. The molecule has 1 heterocycles. The van der Waals surface area contributed by atoms with E-state index in [1.807, 2.05) is 48.7 Å². The van der Waals surface area contributed by atoms with Crippen LogP contribution in [0.2, 0.25) is 0 Å². The second-order valence-electron chi connectivity index (χ2n) is 7.65. The highest BCUT2D eigenvalue weighted by atomic mass is 32.2. The molecule has 3 rings (SSSR count). The molecule has 0 radical (unpaired) electrons. The van der Waals surface area contributed by atoms with Crippen LogP contribution in [0.15, 0.2) is 59.8 Å². The Bertz CT molecular complexity index is 1010. The number of halogens is 1. The van der Waals surface area contributed by atoms with Crippen LogP contribution in [0.1, 0.15) is 39.6 Å². The van der Waals surface area contributed by atoms with Gasteiger partial charge in [0.25, 0.3) is 0 Å². The molecule has 0 bridgehead atoms. The smallest absolute Gasteiger partial charge is 0.237 e. The van der Waals surface area contributed by atoms with Crippen molar-refractivity contribution in [3.63, 3.8) is 0 Å². The quantitative estimate of drug-likeness (QED) is 0.454. The SMILES string of the molecule is CC(C)Cn1c(SC(C)C(=O)Nc2ccccc2)nnc1C(C)Oc1ccccc1F. The standard InChI is InChI=1S/C23H27FN4O2S/c1-15(2)14-28-21(16(3)30-20-13-9-8-12-19(20)24)26-27-23(28)31-17(4)22(29)25-18-10-6-5-7-11-18/h5-13,15-17H,14H2,1-4H3,(H,25,29). The van der Waals surface area contributed by atoms with E-state index in [9.17, 15) is 9.18 Å². The average molecular weight is 443 g/mol. The van der Waals surface area contributed by atoms with Crippen LogP contribution in [-0.2, 0) is 11.3 Å². The van der Waals surface area contributed by atoms with Gasteiger partial charge < -0.3 is 14.6 Å². The van der Waals surface area contributed by atoms with E-state index in [1.54, 1.807) is 18.2 Å². The van der Waals surface area contributed by atoms with Crippen LogP contribution < -0.4 is 10.1 Å². The lowest BCUT2D eigenvalue weighted by Crippen LogP contribution is -2.23. The van der Waals surface area contributed by atoms with Crippen molar-refractivity contribution in [1.82, 2.24) is 14.8 Å². The number of aromatic nitrogens is 3. The fraction of sp³-hybridized carbons (Fsp3) is 0.348. The van der Waals surface area contributed by atoms with Crippen molar-refractivity contribution in [2.24, 2.45) is 5.92 Å². The van der Waals surface area contributed by atoms with Crippen molar-refractivity contribution in [2.45, 2.75) is 50.8 Å². The van der Waals surface area contributed by atoms with Gasteiger partial charge in [0.15, 0.2) is 28.7 Å². The number of rotatable bonds is 9. The lowest BCUT2D eigenvalue weighted by molar-refractivity contribution is -0.115. The topological polar surface area (TPSA) is 69.0 Å². The van der Waals surface area contributed by atoms with Gasteiger partial charge in [-0.15, -0.1) is 10.2 Å². The molecule has 2 unspecified atom stereocenters. The van der Waals surface area contributed by atoms with E-state index in [4.69, 9.17) is 4.74 Å². The summed E-state index contributed by atoms with van der Waals surface area (Å²) in [4.78, 5) is 12.6. The Morgan fingerprint density at radius 2 is 1.74 bits per heavy atom. The molecular formula is C23H27FN4O2S. The highest BCUT2D eigenvalue weighted by Crippen LogP contribution is 2.29.